The van der Waals surface area contributed by atoms with Crippen LogP contribution in [0.1, 0.15) is 120 Å². The molecule has 3 fully saturated rings. The molecule has 0 aromatic carbocycles. The number of piperidine rings is 2. The largest absolute Gasteiger partial charge is 0.481 e. The molecule has 3 aliphatic rings. The molecule has 2 saturated heterocycles. The molecule has 1 saturated carbocycles. The molecule has 0 amide bonds. The number of nitrogens with zero attached hydrogens (tertiary/aromatic N) is 2. The third kappa shape index (κ3) is 6.69. The molecule has 3 rings (SSSR count). The molecule has 4 unspecified atom stereocenters. The second-order valence-corrected chi connectivity index (χ2v) is 16.3. The molecule has 4 atom stereocenters. The maximum Gasteiger partial charge on any atom is 0.310 e. The van der Waals surface area contributed by atoms with E-state index in [0.29, 0.717) is 38.5 Å². The van der Waals surface area contributed by atoms with Gasteiger partial charge < -0.3 is 30.6 Å². The zero-order chi connectivity index (χ0) is 32.1. The fraction of sp³-hybridized carbons (Fsp3) is 0.938. The number of aliphatic hydroxyl groups is 4. The minimum Gasteiger partial charge on any atom is -0.481 e. The number of carbonyl (C=O) groups is 2. The van der Waals surface area contributed by atoms with Crippen LogP contribution in [0.2, 0.25) is 0 Å². The van der Waals surface area contributed by atoms with Crippen molar-refractivity contribution in [2.45, 2.75) is 166 Å². The summed E-state index contributed by atoms with van der Waals surface area (Å²) in [5.41, 5.74) is -5.33. The molecule has 1 aliphatic carbocycles. The zero-order valence-electron chi connectivity index (χ0n) is 27.2. The standard InChI is InChI=1S/C32H58N2O8/c1-27(2)13-21(35)14-28(3,4)33(27)19-23(37)17-31(25(39)40)11-9-10-12-32(31,26(41)42)18-24(38)20-34-29(5,6)15-22(36)16-30(34,7)8/h21-24,35-38H,9-20H2,1-8H3,(H,39,40)(H,41,42). The summed E-state index contributed by atoms with van der Waals surface area (Å²) in [5.74, 6) is -2.49. The SMILES string of the molecule is CC1(C)CC(O)CC(C)(C)N1CC(O)CC1(C(=O)O)CCCCC1(CC(O)CN1C(C)(C)CC(O)CC1(C)C)C(=O)O. The molecular formula is C32H58N2O8. The van der Waals surface area contributed by atoms with Gasteiger partial charge in [0, 0.05) is 35.2 Å². The van der Waals surface area contributed by atoms with Crippen molar-refractivity contribution in [3.63, 3.8) is 0 Å². The van der Waals surface area contributed by atoms with E-state index >= 15 is 0 Å². The highest BCUT2D eigenvalue weighted by Gasteiger charge is 2.63. The summed E-state index contributed by atoms with van der Waals surface area (Å²) >= 11 is 0. The molecule has 0 aromatic rings. The van der Waals surface area contributed by atoms with Gasteiger partial charge in [0.25, 0.3) is 0 Å². The van der Waals surface area contributed by atoms with Gasteiger partial charge in [0.15, 0.2) is 0 Å². The van der Waals surface area contributed by atoms with Gasteiger partial charge in [-0.1, -0.05) is 12.8 Å². The van der Waals surface area contributed by atoms with Gasteiger partial charge in [-0.15, -0.1) is 0 Å². The number of carboxylic acid groups (broad SMARTS) is 2. The van der Waals surface area contributed by atoms with Gasteiger partial charge in [0.1, 0.15) is 0 Å². The summed E-state index contributed by atoms with van der Waals surface area (Å²) in [6.07, 6.45) is -0.350. The van der Waals surface area contributed by atoms with Crippen LogP contribution in [0.4, 0.5) is 0 Å². The first kappa shape index (κ1) is 35.2. The van der Waals surface area contributed by atoms with E-state index in [2.05, 4.69) is 9.80 Å². The van der Waals surface area contributed by atoms with Crippen LogP contribution in [0.3, 0.4) is 0 Å². The van der Waals surface area contributed by atoms with E-state index < -0.39 is 69.3 Å². The van der Waals surface area contributed by atoms with Crippen LogP contribution in [0.15, 0.2) is 0 Å². The van der Waals surface area contributed by atoms with Gasteiger partial charge in [-0.3, -0.25) is 19.4 Å². The molecule has 0 spiro atoms. The molecule has 244 valence electrons. The molecule has 10 heteroatoms. The number of aliphatic carboxylic acids is 2. The Morgan fingerprint density at radius 3 is 1.12 bits per heavy atom. The highest BCUT2D eigenvalue weighted by molar-refractivity contribution is 5.87. The average Bonchev–Trinajstić information content (AvgIpc) is 2.78. The maximum absolute atomic E-state index is 13.2. The fourth-order valence-corrected chi connectivity index (χ4v) is 9.60. The summed E-state index contributed by atoms with van der Waals surface area (Å²) < 4.78 is 0. The first-order valence-corrected chi connectivity index (χ1v) is 15.8. The number of rotatable bonds is 10. The predicted molar refractivity (Wildman–Crippen MR) is 160 cm³/mol. The van der Waals surface area contributed by atoms with Crippen molar-refractivity contribution >= 4 is 11.9 Å². The number of aliphatic hydroxyl groups excluding tert-OH is 4. The van der Waals surface area contributed by atoms with Crippen LogP contribution in [-0.4, -0.2) is 112 Å². The molecule has 6 N–H and O–H groups in total. The number of β-amino-alcohol motifs (C(OH)–C–C–N with tert-alkyl or cyclic N) is 2. The summed E-state index contributed by atoms with van der Waals surface area (Å²) in [5, 5.41) is 65.4. The summed E-state index contributed by atoms with van der Waals surface area (Å²) in [4.78, 5) is 30.6. The second kappa shape index (κ2) is 11.9. The highest BCUT2D eigenvalue weighted by Crippen LogP contribution is 2.57. The monoisotopic (exact) mass is 598 g/mol. The van der Waals surface area contributed by atoms with Crippen LogP contribution in [0, 0.1) is 10.8 Å². The number of hydrogen-bond donors (Lipinski definition) is 6. The quantitative estimate of drug-likeness (QED) is 0.220. The van der Waals surface area contributed by atoms with Crippen molar-refractivity contribution in [2.75, 3.05) is 13.1 Å². The minimum atomic E-state index is -1.76. The van der Waals surface area contributed by atoms with E-state index in [0.717, 1.165) is 0 Å². The molecule has 10 nitrogen and oxygen atoms in total. The Morgan fingerprint density at radius 1 is 0.619 bits per heavy atom. The van der Waals surface area contributed by atoms with Gasteiger partial charge >= 0.3 is 11.9 Å². The normalized spacial score (nSPS) is 33.6. The third-order valence-electron chi connectivity index (χ3n) is 11.0. The fourth-order valence-electron chi connectivity index (χ4n) is 9.60. The van der Waals surface area contributed by atoms with E-state index in [9.17, 15) is 40.2 Å². The van der Waals surface area contributed by atoms with E-state index in [4.69, 9.17) is 0 Å². The highest BCUT2D eigenvalue weighted by atomic mass is 16.4. The molecule has 42 heavy (non-hydrogen) atoms. The number of likely N-dealkylation sites (tertiary alicyclic amines) is 2. The van der Waals surface area contributed by atoms with E-state index in [1.807, 2.05) is 55.4 Å². The van der Waals surface area contributed by atoms with Gasteiger partial charge in [-0.25, -0.2) is 0 Å². The number of hydrogen-bond acceptors (Lipinski definition) is 8. The van der Waals surface area contributed by atoms with Crippen molar-refractivity contribution in [2.24, 2.45) is 10.8 Å². The van der Waals surface area contributed by atoms with Crippen molar-refractivity contribution < 1.29 is 40.2 Å². The molecule has 2 heterocycles. The first-order chi connectivity index (χ1) is 19.0. The summed E-state index contributed by atoms with van der Waals surface area (Å²) in [6.45, 7) is 16.3. The van der Waals surface area contributed by atoms with Crippen LogP contribution in [0.25, 0.3) is 0 Å². The van der Waals surface area contributed by atoms with Crippen LogP contribution >= 0.6 is 0 Å². The predicted octanol–water partition coefficient (Wildman–Crippen LogP) is 3.23. The zero-order valence-corrected chi connectivity index (χ0v) is 27.2. The molecule has 2 aliphatic heterocycles. The lowest BCUT2D eigenvalue weighted by Crippen LogP contribution is -2.65. The van der Waals surface area contributed by atoms with E-state index in [1.54, 1.807) is 0 Å². The Hall–Kier alpha value is -1.30. The Morgan fingerprint density at radius 2 is 0.881 bits per heavy atom. The van der Waals surface area contributed by atoms with Gasteiger partial charge in [-0.2, -0.15) is 0 Å². The van der Waals surface area contributed by atoms with Crippen molar-refractivity contribution in [3.8, 4) is 0 Å². The lowest BCUT2D eigenvalue weighted by molar-refractivity contribution is -0.190. The van der Waals surface area contributed by atoms with Crippen molar-refractivity contribution in [1.29, 1.82) is 0 Å². The molecular weight excluding hydrogens is 540 g/mol. The van der Waals surface area contributed by atoms with E-state index in [-0.39, 0.29) is 38.8 Å². The summed E-state index contributed by atoms with van der Waals surface area (Å²) in [7, 11) is 0. The molecule has 0 bridgehead atoms. The molecule has 0 aromatic heterocycles. The minimum absolute atomic E-state index is 0.108. The van der Waals surface area contributed by atoms with Gasteiger partial charge in [0.2, 0.25) is 0 Å². The van der Waals surface area contributed by atoms with E-state index in [1.165, 1.54) is 0 Å². The summed E-state index contributed by atoms with van der Waals surface area (Å²) in [6, 6.07) is 0. The lowest BCUT2D eigenvalue weighted by Gasteiger charge is -2.56. The number of carboxylic acids is 2. The van der Waals surface area contributed by atoms with Crippen LogP contribution in [0.5, 0.6) is 0 Å². The lowest BCUT2D eigenvalue weighted by atomic mass is 9.52. The van der Waals surface area contributed by atoms with Crippen LogP contribution in [-0.2, 0) is 9.59 Å². The smallest absolute Gasteiger partial charge is 0.310 e. The van der Waals surface area contributed by atoms with Crippen LogP contribution < -0.4 is 0 Å². The van der Waals surface area contributed by atoms with Crippen molar-refractivity contribution in [3.05, 3.63) is 0 Å². The Labute approximate surface area is 252 Å². The van der Waals surface area contributed by atoms with Gasteiger partial charge in [0.05, 0.1) is 35.2 Å². The van der Waals surface area contributed by atoms with Gasteiger partial charge in [-0.05, 0) is 107 Å². The third-order valence-corrected chi connectivity index (χ3v) is 11.0. The first-order valence-electron chi connectivity index (χ1n) is 15.8. The topological polar surface area (TPSA) is 162 Å². The average molecular weight is 599 g/mol. The Bertz CT molecular complexity index is 883. The second-order valence-electron chi connectivity index (χ2n) is 16.3. The maximum atomic E-state index is 13.2. The molecule has 0 radical (unpaired) electrons. The Kier molecular flexibility index (Phi) is 9.96. The Balaban J connectivity index is 1.92. The van der Waals surface area contributed by atoms with Crippen molar-refractivity contribution in [1.82, 2.24) is 9.80 Å².